The lowest BCUT2D eigenvalue weighted by atomic mass is 10.3. The van der Waals surface area contributed by atoms with Gasteiger partial charge in [-0.3, -0.25) is 14.9 Å². The summed E-state index contributed by atoms with van der Waals surface area (Å²) in [5.74, 6) is -0.541. The summed E-state index contributed by atoms with van der Waals surface area (Å²) in [5, 5.41) is 5.98. The third-order valence-electron chi connectivity index (χ3n) is 3.74. The van der Waals surface area contributed by atoms with E-state index in [9.17, 15) is 9.59 Å². The van der Waals surface area contributed by atoms with E-state index in [-0.39, 0.29) is 18.3 Å². The summed E-state index contributed by atoms with van der Waals surface area (Å²) in [6, 6.07) is 1.87. The molecule has 3 aromatic rings. The molecule has 10 heteroatoms. The van der Waals surface area contributed by atoms with Crippen LogP contribution in [0.2, 0.25) is 0 Å². The van der Waals surface area contributed by atoms with Crippen LogP contribution in [-0.4, -0.2) is 41.5 Å². The maximum absolute atomic E-state index is 12.5. The van der Waals surface area contributed by atoms with Gasteiger partial charge < -0.3 is 9.64 Å². The second kappa shape index (κ2) is 8.77. The Labute approximate surface area is 169 Å². The van der Waals surface area contributed by atoms with Crippen molar-refractivity contribution in [1.29, 1.82) is 0 Å². The van der Waals surface area contributed by atoms with Crippen LogP contribution in [0.5, 0.6) is 0 Å². The molecule has 0 unspecified atom stereocenters. The van der Waals surface area contributed by atoms with Gasteiger partial charge >= 0.3 is 5.97 Å². The monoisotopic (exact) mass is 424 g/mol. The second-order valence-electron chi connectivity index (χ2n) is 5.53. The summed E-state index contributed by atoms with van der Waals surface area (Å²) >= 11 is 4.25. The number of fused-ring (bicyclic) bond motifs is 1. The SMILES string of the molecule is CCOC(=O)Cc1csc(NC(=O)c2cc3sc(N(CC)CC)nc3s2)n1. The Hall–Kier alpha value is -2.04. The molecule has 0 saturated carbocycles. The first-order chi connectivity index (χ1) is 13.0. The van der Waals surface area contributed by atoms with E-state index in [1.165, 1.54) is 22.7 Å². The first kappa shape index (κ1) is 19.7. The molecular weight excluding hydrogens is 404 g/mol. The summed E-state index contributed by atoms with van der Waals surface area (Å²) in [5.41, 5.74) is 0.589. The van der Waals surface area contributed by atoms with Crippen LogP contribution in [0.1, 0.15) is 36.1 Å². The summed E-state index contributed by atoms with van der Waals surface area (Å²) in [6.45, 7) is 8.11. The maximum Gasteiger partial charge on any atom is 0.311 e. The van der Waals surface area contributed by atoms with E-state index in [1.807, 2.05) is 6.07 Å². The Morgan fingerprint density at radius 3 is 2.63 bits per heavy atom. The number of nitrogens with one attached hydrogen (secondary N) is 1. The van der Waals surface area contributed by atoms with Crippen molar-refractivity contribution >= 4 is 65.7 Å². The van der Waals surface area contributed by atoms with Crippen molar-refractivity contribution in [3.63, 3.8) is 0 Å². The number of ether oxygens (including phenoxy) is 1. The van der Waals surface area contributed by atoms with Gasteiger partial charge in [0, 0.05) is 18.5 Å². The molecule has 1 N–H and O–H groups in total. The summed E-state index contributed by atoms with van der Waals surface area (Å²) in [7, 11) is 0. The van der Waals surface area contributed by atoms with E-state index in [0.717, 1.165) is 27.8 Å². The lowest BCUT2D eigenvalue weighted by molar-refractivity contribution is -0.142. The summed E-state index contributed by atoms with van der Waals surface area (Å²) in [6.07, 6.45) is 0.104. The van der Waals surface area contributed by atoms with Crippen LogP contribution in [-0.2, 0) is 16.0 Å². The molecule has 0 aliphatic heterocycles. The van der Waals surface area contributed by atoms with Crippen LogP contribution in [0.3, 0.4) is 0 Å². The van der Waals surface area contributed by atoms with Crippen LogP contribution < -0.4 is 10.2 Å². The minimum atomic E-state index is -0.325. The molecule has 0 aliphatic carbocycles. The highest BCUT2D eigenvalue weighted by atomic mass is 32.1. The Bertz CT molecular complexity index is 911. The summed E-state index contributed by atoms with van der Waals surface area (Å²) < 4.78 is 5.91. The minimum absolute atomic E-state index is 0.104. The van der Waals surface area contributed by atoms with Gasteiger partial charge in [-0.05, 0) is 26.8 Å². The van der Waals surface area contributed by atoms with E-state index >= 15 is 0 Å². The van der Waals surface area contributed by atoms with Gasteiger partial charge in [-0.25, -0.2) is 9.97 Å². The smallest absolute Gasteiger partial charge is 0.311 e. The normalized spacial score (nSPS) is 10.9. The van der Waals surface area contributed by atoms with Gasteiger partial charge in [0.15, 0.2) is 10.3 Å². The van der Waals surface area contributed by atoms with Crippen molar-refractivity contribution in [2.45, 2.75) is 27.2 Å². The van der Waals surface area contributed by atoms with E-state index in [2.05, 4.69) is 34.0 Å². The number of carbonyl (C=O) groups excluding carboxylic acids is 2. The molecule has 3 aromatic heterocycles. The Balaban J connectivity index is 1.67. The third kappa shape index (κ3) is 4.63. The van der Waals surface area contributed by atoms with Gasteiger partial charge in [-0.2, -0.15) is 0 Å². The highest BCUT2D eigenvalue weighted by molar-refractivity contribution is 7.29. The predicted molar refractivity (Wildman–Crippen MR) is 111 cm³/mol. The lowest BCUT2D eigenvalue weighted by Gasteiger charge is -2.16. The average Bonchev–Trinajstić information content (AvgIpc) is 3.31. The van der Waals surface area contributed by atoms with E-state index in [4.69, 9.17) is 4.74 Å². The number of hydrogen-bond donors (Lipinski definition) is 1. The van der Waals surface area contributed by atoms with Crippen LogP contribution in [0.25, 0.3) is 9.53 Å². The van der Waals surface area contributed by atoms with Crippen molar-refractivity contribution in [2.75, 3.05) is 29.9 Å². The molecule has 0 fully saturated rings. The predicted octanol–water partition coefficient (Wildman–Crippen LogP) is 4.02. The number of aromatic nitrogens is 2. The second-order valence-corrected chi connectivity index (χ2v) is 8.43. The molecule has 3 heterocycles. The number of thiophene rings is 1. The number of rotatable bonds is 8. The average molecular weight is 425 g/mol. The molecule has 0 atom stereocenters. The van der Waals surface area contributed by atoms with Crippen molar-refractivity contribution in [3.8, 4) is 0 Å². The van der Waals surface area contributed by atoms with Crippen molar-refractivity contribution in [1.82, 2.24) is 9.97 Å². The fourth-order valence-corrected chi connectivity index (χ4v) is 5.37. The van der Waals surface area contributed by atoms with Gasteiger partial charge in [-0.15, -0.1) is 22.7 Å². The molecule has 7 nitrogen and oxygen atoms in total. The zero-order valence-corrected chi connectivity index (χ0v) is 17.7. The van der Waals surface area contributed by atoms with Gasteiger partial charge in [-0.1, -0.05) is 11.3 Å². The molecule has 0 radical (unpaired) electrons. The van der Waals surface area contributed by atoms with Gasteiger partial charge in [0.1, 0.15) is 4.83 Å². The van der Waals surface area contributed by atoms with Crippen molar-refractivity contribution in [2.24, 2.45) is 0 Å². The van der Waals surface area contributed by atoms with Gasteiger partial charge in [0.25, 0.3) is 5.91 Å². The molecule has 0 aromatic carbocycles. The molecular formula is C17H20N4O3S3. The van der Waals surface area contributed by atoms with Gasteiger partial charge in [0.05, 0.1) is 28.3 Å². The first-order valence-corrected chi connectivity index (χ1v) is 11.1. The fraction of sp³-hybridized carbons (Fsp3) is 0.412. The number of esters is 1. The molecule has 0 spiro atoms. The van der Waals surface area contributed by atoms with Crippen LogP contribution >= 0.6 is 34.0 Å². The largest absolute Gasteiger partial charge is 0.466 e. The topological polar surface area (TPSA) is 84.4 Å². The van der Waals surface area contributed by atoms with Crippen LogP contribution in [0.4, 0.5) is 10.3 Å². The molecule has 0 aliphatic rings. The number of hydrogen-bond acceptors (Lipinski definition) is 9. The first-order valence-electron chi connectivity index (χ1n) is 8.60. The third-order valence-corrected chi connectivity index (χ3v) is 6.77. The Morgan fingerprint density at radius 1 is 1.19 bits per heavy atom. The Kier molecular flexibility index (Phi) is 6.40. The summed E-state index contributed by atoms with van der Waals surface area (Å²) in [4.78, 5) is 36.6. The highest BCUT2D eigenvalue weighted by Crippen LogP contribution is 2.35. The van der Waals surface area contributed by atoms with Crippen molar-refractivity contribution in [3.05, 3.63) is 22.0 Å². The van der Waals surface area contributed by atoms with Gasteiger partial charge in [0.2, 0.25) is 0 Å². The Morgan fingerprint density at radius 2 is 1.96 bits per heavy atom. The van der Waals surface area contributed by atoms with E-state index in [0.29, 0.717) is 22.3 Å². The number of nitrogens with zero attached hydrogens (tertiary/aromatic N) is 3. The zero-order valence-electron chi connectivity index (χ0n) is 15.3. The molecule has 3 rings (SSSR count). The quantitative estimate of drug-likeness (QED) is 0.550. The number of amides is 1. The number of carbonyl (C=O) groups is 2. The molecule has 0 bridgehead atoms. The van der Waals surface area contributed by atoms with Crippen LogP contribution in [0.15, 0.2) is 11.4 Å². The van der Waals surface area contributed by atoms with E-state index < -0.39 is 0 Å². The maximum atomic E-state index is 12.5. The zero-order chi connectivity index (χ0) is 19.4. The molecule has 0 saturated heterocycles. The van der Waals surface area contributed by atoms with E-state index in [1.54, 1.807) is 23.6 Å². The highest BCUT2D eigenvalue weighted by Gasteiger charge is 2.17. The number of anilines is 2. The molecule has 27 heavy (non-hydrogen) atoms. The molecule has 1 amide bonds. The number of thiazole rings is 2. The lowest BCUT2D eigenvalue weighted by Crippen LogP contribution is -2.21. The minimum Gasteiger partial charge on any atom is -0.466 e. The van der Waals surface area contributed by atoms with Crippen LogP contribution in [0, 0.1) is 0 Å². The fourth-order valence-electron chi connectivity index (χ4n) is 2.43. The standard InChI is InChI=1S/C17H20N4O3S3/c1-4-21(5-2)17-20-15-12(27-17)8-11(26-15)14(23)19-16-18-10(9-25-16)7-13(22)24-6-3/h8-9H,4-7H2,1-3H3,(H,18,19,23). The molecule has 144 valence electrons. The van der Waals surface area contributed by atoms with Crippen molar-refractivity contribution < 1.29 is 14.3 Å².